The minimum Gasteiger partial charge on any atom is -0.494 e. The van der Waals surface area contributed by atoms with Crippen molar-refractivity contribution in [2.24, 2.45) is 0 Å². The molecular formula is C19H15FN4O2S. The average molecular weight is 382 g/mol. The van der Waals surface area contributed by atoms with Crippen molar-refractivity contribution in [1.82, 2.24) is 19.7 Å². The summed E-state index contributed by atoms with van der Waals surface area (Å²) in [4.78, 5) is 19.7. The van der Waals surface area contributed by atoms with Gasteiger partial charge in [-0.15, -0.1) is 0 Å². The van der Waals surface area contributed by atoms with Gasteiger partial charge in [-0.1, -0.05) is 36.0 Å². The van der Waals surface area contributed by atoms with Crippen LogP contribution in [0.4, 0.5) is 4.39 Å². The number of para-hydroxylation sites is 2. The number of methoxy groups -OCH3 is 1. The second kappa shape index (κ2) is 7.24. The summed E-state index contributed by atoms with van der Waals surface area (Å²) in [5.74, 6) is 0.812. The van der Waals surface area contributed by atoms with Gasteiger partial charge in [0.2, 0.25) is 0 Å². The summed E-state index contributed by atoms with van der Waals surface area (Å²) in [5, 5.41) is 5.12. The molecule has 0 fully saturated rings. The normalized spacial score (nSPS) is 11.0. The van der Waals surface area contributed by atoms with E-state index in [0.29, 0.717) is 33.4 Å². The standard InChI is InChI=1S/C19H15FN4O2S/c1-26-16-8-3-2-7-15(16)24-17-14(10-21-24)18(25)23-19(22-17)27-11-12-5-4-6-13(20)9-12/h2-10H,11H2,1H3,(H,22,23,25). The van der Waals surface area contributed by atoms with Crippen LogP contribution >= 0.6 is 11.8 Å². The van der Waals surface area contributed by atoms with Crippen LogP contribution in [0.3, 0.4) is 0 Å². The van der Waals surface area contributed by atoms with Crippen LogP contribution in [0.5, 0.6) is 5.75 Å². The van der Waals surface area contributed by atoms with Crippen LogP contribution in [0, 0.1) is 5.82 Å². The van der Waals surface area contributed by atoms with E-state index in [4.69, 9.17) is 4.74 Å². The van der Waals surface area contributed by atoms with E-state index in [2.05, 4.69) is 15.1 Å². The zero-order valence-corrected chi connectivity index (χ0v) is 15.2. The third-order valence-corrected chi connectivity index (χ3v) is 4.94. The molecule has 2 heterocycles. The molecular weight excluding hydrogens is 367 g/mol. The zero-order chi connectivity index (χ0) is 18.8. The maximum atomic E-state index is 13.3. The highest BCUT2D eigenvalue weighted by Gasteiger charge is 2.14. The largest absolute Gasteiger partial charge is 0.494 e. The summed E-state index contributed by atoms with van der Waals surface area (Å²) in [7, 11) is 1.57. The SMILES string of the molecule is COc1ccccc1-n1ncc2c(=O)[nH]c(SCc3cccc(F)c3)nc21. The first kappa shape index (κ1) is 17.3. The minimum atomic E-state index is -0.292. The fourth-order valence-corrected chi connectivity index (χ4v) is 3.53. The number of H-pyrrole nitrogens is 1. The lowest BCUT2D eigenvalue weighted by Gasteiger charge is -2.09. The molecule has 1 N–H and O–H groups in total. The van der Waals surface area contributed by atoms with E-state index >= 15 is 0 Å². The lowest BCUT2D eigenvalue weighted by atomic mass is 10.2. The van der Waals surface area contributed by atoms with Crippen LogP contribution in [-0.2, 0) is 5.75 Å². The summed E-state index contributed by atoms with van der Waals surface area (Å²) in [6.45, 7) is 0. The van der Waals surface area contributed by atoms with Gasteiger partial charge in [0.1, 0.15) is 22.6 Å². The first-order valence-corrected chi connectivity index (χ1v) is 9.13. The Labute approximate surface area is 158 Å². The van der Waals surface area contributed by atoms with E-state index in [1.54, 1.807) is 17.9 Å². The Morgan fingerprint density at radius 2 is 2.07 bits per heavy atom. The quantitative estimate of drug-likeness (QED) is 0.422. The summed E-state index contributed by atoms with van der Waals surface area (Å²) >= 11 is 1.32. The summed E-state index contributed by atoms with van der Waals surface area (Å²) in [5.41, 5.74) is 1.66. The number of hydrogen-bond acceptors (Lipinski definition) is 5. The van der Waals surface area contributed by atoms with Crippen LogP contribution in [-0.4, -0.2) is 26.9 Å². The number of ether oxygens (including phenoxy) is 1. The number of nitrogens with zero attached hydrogens (tertiary/aromatic N) is 3. The number of nitrogens with one attached hydrogen (secondary N) is 1. The fraction of sp³-hybridized carbons (Fsp3) is 0.105. The molecule has 2 aromatic carbocycles. The van der Waals surface area contributed by atoms with E-state index < -0.39 is 0 Å². The predicted molar refractivity (Wildman–Crippen MR) is 102 cm³/mol. The molecule has 0 saturated carbocycles. The van der Waals surface area contributed by atoms with Crippen molar-refractivity contribution in [1.29, 1.82) is 0 Å². The molecule has 0 atom stereocenters. The van der Waals surface area contributed by atoms with E-state index in [0.717, 1.165) is 5.56 Å². The van der Waals surface area contributed by atoms with Crippen LogP contribution < -0.4 is 10.3 Å². The maximum absolute atomic E-state index is 13.3. The number of aromatic amines is 1. The molecule has 0 saturated heterocycles. The van der Waals surface area contributed by atoms with Gasteiger partial charge < -0.3 is 9.72 Å². The molecule has 0 aliphatic rings. The van der Waals surface area contributed by atoms with Crippen LogP contribution in [0.15, 0.2) is 64.7 Å². The Kier molecular flexibility index (Phi) is 4.64. The monoisotopic (exact) mass is 382 g/mol. The Balaban J connectivity index is 1.73. The van der Waals surface area contributed by atoms with Crippen LogP contribution in [0.25, 0.3) is 16.7 Å². The van der Waals surface area contributed by atoms with Gasteiger partial charge in [-0.3, -0.25) is 4.79 Å². The molecule has 6 nitrogen and oxygen atoms in total. The van der Waals surface area contributed by atoms with Gasteiger partial charge in [-0.25, -0.2) is 14.1 Å². The van der Waals surface area contributed by atoms with Crippen molar-refractivity contribution in [2.45, 2.75) is 10.9 Å². The molecule has 0 radical (unpaired) electrons. The molecule has 8 heteroatoms. The molecule has 2 aromatic heterocycles. The second-order valence-electron chi connectivity index (χ2n) is 5.76. The van der Waals surface area contributed by atoms with Gasteiger partial charge in [0.25, 0.3) is 5.56 Å². The highest BCUT2D eigenvalue weighted by atomic mass is 32.2. The third-order valence-electron chi connectivity index (χ3n) is 3.99. The van der Waals surface area contributed by atoms with Crippen molar-refractivity contribution < 1.29 is 9.13 Å². The molecule has 0 spiro atoms. The van der Waals surface area contributed by atoms with Gasteiger partial charge in [0.15, 0.2) is 10.8 Å². The van der Waals surface area contributed by atoms with Crippen molar-refractivity contribution in [2.75, 3.05) is 7.11 Å². The first-order chi connectivity index (χ1) is 13.2. The number of thioether (sulfide) groups is 1. The lowest BCUT2D eigenvalue weighted by molar-refractivity contribution is 0.412. The molecule has 0 amide bonds. The summed E-state index contributed by atoms with van der Waals surface area (Å²) in [6, 6.07) is 13.7. The zero-order valence-electron chi connectivity index (χ0n) is 14.3. The molecule has 0 aliphatic carbocycles. The topological polar surface area (TPSA) is 72.8 Å². The maximum Gasteiger partial charge on any atom is 0.262 e. The lowest BCUT2D eigenvalue weighted by Crippen LogP contribution is -2.10. The fourth-order valence-electron chi connectivity index (χ4n) is 2.73. The van der Waals surface area contributed by atoms with Gasteiger partial charge >= 0.3 is 0 Å². The van der Waals surface area contributed by atoms with Gasteiger partial charge in [0.05, 0.1) is 13.3 Å². The Morgan fingerprint density at radius 1 is 1.22 bits per heavy atom. The number of halogens is 1. The Bertz CT molecular complexity index is 1170. The Morgan fingerprint density at radius 3 is 2.89 bits per heavy atom. The molecule has 27 heavy (non-hydrogen) atoms. The van der Waals surface area contributed by atoms with Crippen molar-refractivity contribution in [3.8, 4) is 11.4 Å². The molecule has 4 aromatic rings. The van der Waals surface area contributed by atoms with E-state index in [1.165, 1.54) is 30.1 Å². The highest BCUT2D eigenvalue weighted by Crippen LogP contribution is 2.25. The summed E-state index contributed by atoms with van der Waals surface area (Å²) in [6.07, 6.45) is 1.48. The number of hydrogen-bond donors (Lipinski definition) is 1. The summed E-state index contributed by atoms with van der Waals surface area (Å²) < 4.78 is 20.3. The first-order valence-electron chi connectivity index (χ1n) is 8.14. The molecule has 4 rings (SSSR count). The number of fused-ring (bicyclic) bond motifs is 1. The van der Waals surface area contributed by atoms with Crippen molar-refractivity contribution >= 4 is 22.8 Å². The van der Waals surface area contributed by atoms with Crippen molar-refractivity contribution in [3.63, 3.8) is 0 Å². The second-order valence-corrected chi connectivity index (χ2v) is 6.72. The van der Waals surface area contributed by atoms with E-state index in [9.17, 15) is 9.18 Å². The number of rotatable bonds is 5. The van der Waals surface area contributed by atoms with Crippen molar-refractivity contribution in [3.05, 3.63) is 76.5 Å². The third kappa shape index (κ3) is 3.43. The molecule has 0 bridgehead atoms. The molecule has 136 valence electrons. The molecule has 0 unspecified atom stereocenters. The Hall–Kier alpha value is -3.13. The van der Waals surface area contributed by atoms with E-state index in [-0.39, 0.29) is 11.4 Å². The van der Waals surface area contributed by atoms with Gasteiger partial charge in [0, 0.05) is 5.75 Å². The van der Waals surface area contributed by atoms with E-state index in [1.807, 2.05) is 30.3 Å². The highest BCUT2D eigenvalue weighted by molar-refractivity contribution is 7.98. The van der Waals surface area contributed by atoms with Crippen LogP contribution in [0.2, 0.25) is 0 Å². The number of aromatic nitrogens is 4. The molecule has 0 aliphatic heterocycles. The smallest absolute Gasteiger partial charge is 0.262 e. The average Bonchev–Trinajstić information content (AvgIpc) is 3.11. The van der Waals surface area contributed by atoms with Gasteiger partial charge in [-0.2, -0.15) is 5.10 Å². The minimum absolute atomic E-state index is 0.275. The predicted octanol–water partition coefficient (Wildman–Crippen LogP) is 3.55. The number of benzene rings is 2. The van der Waals surface area contributed by atoms with Gasteiger partial charge in [-0.05, 0) is 29.8 Å². The van der Waals surface area contributed by atoms with Crippen LogP contribution in [0.1, 0.15) is 5.56 Å².